The molecular formula is C21H27NO2. The molecule has 2 rings (SSSR count). The molecule has 2 aromatic carbocycles. The van der Waals surface area contributed by atoms with Gasteiger partial charge >= 0.3 is 5.97 Å². The number of nitrogens with one attached hydrogen (secondary N) is 1. The minimum Gasteiger partial charge on any atom is -0.452 e. The molecule has 0 aliphatic rings. The van der Waals surface area contributed by atoms with E-state index in [1.165, 1.54) is 5.56 Å². The second-order valence-electron chi connectivity index (χ2n) is 7.14. The molecule has 2 atom stereocenters. The van der Waals surface area contributed by atoms with Gasteiger partial charge in [-0.2, -0.15) is 0 Å². The van der Waals surface area contributed by atoms with E-state index in [2.05, 4.69) is 26.1 Å². The largest absolute Gasteiger partial charge is 0.452 e. The number of hydrogen-bond acceptors (Lipinski definition) is 3. The highest BCUT2D eigenvalue weighted by molar-refractivity contribution is 5.89. The highest BCUT2D eigenvalue weighted by Gasteiger charge is 2.23. The summed E-state index contributed by atoms with van der Waals surface area (Å²) < 4.78 is 5.80. The van der Waals surface area contributed by atoms with Gasteiger partial charge in [0.15, 0.2) is 0 Å². The van der Waals surface area contributed by atoms with Gasteiger partial charge in [-0.05, 0) is 42.6 Å². The Labute approximate surface area is 145 Å². The number of ether oxygens (including phenoxy) is 1. The fourth-order valence-electron chi connectivity index (χ4n) is 2.54. The molecule has 0 saturated heterocycles. The molecule has 3 nitrogen and oxygen atoms in total. The Kier molecular flexibility index (Phi) is 5.79. The van der Waals surface area contributed by atoms with E-state index in [-0.39, 0.29) is 23.5 Å². The van der Waals surface area contributed by atoms with Gasteiger partial charge in [-0.3, -0.25) is 0 Å². The van der Waals surface area contributed by atoms with Crippen LogP contribution in [-0.4, -0.2) is 19.1 Å². The summed E-state index contributed by atoms with van der Waals surface area (Å²) in [5, 5.41) is 3.17. The van der Waals surface area contributed by atoms with Gasteiger partial charge < -0.3 is 10.1 Å². The predicted octanol–water partition coefficient (Wildman–Crippen LogP) is 4.49. The summed E-state index contributed by atoms with van der Waals surface area (Å²) in [6.45, 7) is 8.47. The Bertz CT molecular complexity index is 656. The Morgan fingerprint density at radius 1 is 1.00 bits per heavy atom. The van der Waals surface area contributed by atoms with Crippen molar-refractivity contribution in [1.82, 2.24) is 5.32 Å². The first kappa shape index (κ1) is 18.2. The number of carbonyl (C=O) groups is 1. The number of esters is 1. The molecule has 0 aromatic heterocycles. The lowest BCUT2D eigenvalue weighted by molar-refractivity contribution is 0.0219. The van der Waals surface area contributed by atoms with Crippen LogP contribution in [0.5, 0.6) is 0 Å². The van der Waals surface area contributed by atoms with E-state index in [9.17, 15) is 4.79 Å². The Morgan fingerprint density at radius 2 is 1.58 bits per heavy atom. The fourth-order valence-corrected chi connectivity index (χ4v) is 2.54. The van der Waals surface area contributed by atoms with E-state index in [1.54, 1.807) is 0 Å². The maximum atomic E-state index is 12.6. The second kappa shape index (κ2) is 7.63. The molecule has 24 heavy (non-hydrogen) atoms. The van der Waals surface area contributed by atoms with E-state index < -0.39 is 0 Å². The molecule has 0 unspecified atom stereocenters. The molecule has 0 aliphatic carbocycles. The van der Waals surface area contributed by atoms with Crippen molar-refractivity contribution in [2.45, 2.75) is 45.3 Å². The number of hydrogen-bond donors (Lipinski definition) is 1. The van der Waals surface area contributed by atoms with Crippen LogP contribution in [0.3, 0.4) is 0 Å². The normalized spacial score (nSPS) is 14.0. The third-order valence-corrected chi connectivity index (χ3v) is 4.26. The van der Waals surface area contributed by atoms with Gasteiger partial charge in [0.25, 0.3) is 0 Å². The van der Waals surface area contributed by atoms with Crippen molar-refractivity contribution in [3.8, 4) is 0 Å². The predicted molar refractivity (Wildman–Crippen MR) is 98.3 cm³/mol. The van der Waals surface area contributed by atoms with E-state index in [0.29, 0.717) is 5.56 Å². The van der Waals surface area contributed by atoms with Crippen molar-refractivity contribution in [3.63, 3.8) is 0 Å². The lowest BCUT2D eigenvalue weighted by atomic mass is 9.87. The first-order chi connectivity index (χ1) is 11.3. The van der Waals surface area contributed by atoms with Gasteiger partial charge in [-0.15, -0.1) is 0 Å². The number of carbonyl (C=O) groups excluding carboxylic acids is 1. The van der Waals surface area contributed by atoms with Crippen molar-refractivity contribution in [3.05, 3.63) is 71.3 Å². The van der Waals surface area contributed by atoms with E-state index >= 15 is 0 Å². The summed E-state index contributed by atoms with van der Waals surface area (Å²) in [4.78, 5) is 12.6. The average Bonchev–Trinajstić information content (AvgIpc) is 2.59. The molecule has 0 saturated carbocycles. The topological polar surface area (TPSA) is 38.3 Å². The molecule has 128 valence electrons. The Morgan fingerprint density at radius 3 is 2.08 bits per heavy atom. The van der Waals surface area contributed by atoms with Gasteiger partial charge in [0.2, 0.25) is 0 Å². The van der Waals surface area contributed by atoms with Crippen LogP contribution in [0.2, 0.25) is 0 Å². The first-order valence-corrected chi connectivity index (χ1v) is 8.36. The summed E-state index contributed by atoms with van der Waals surface area (Å²) in [6, 6.07) is 17.5. The summed E-state index contributed by atoms with van der Waals surface area (Å²) in [6.07, 6.45) is -0.328. The molecule has 0 bridgehead atoms. The summed E-state index contributed by atoms with van der Waals surface area (Å²) in [5.41, 5.74) is 2.82. The zero-order chi connectivity index (χ0) is 17.7. The second-order valence-corrected chi connectivity index (χ2v) is 7.14. The fraction of sp³-hybridized carbons (Fsp3) is 0.381. The summed E-state index contributed by atoms with van der Waals surface area (Å²) >= 11 is 0. The molecule has 0 amide bonds. The van der Waals surface area contributed by atoms with Crippen molar-refractivity contribution in [2.24, 2.45) is 0 Å². The molecule has 0 spiro atoms. The van der Waals surface area contributed by atoms with Crippen LogP contribution in [0.25, 0.3) is 0 Å². The highest BCUT2D eigenvalue weighted by atomic mass is 16.5. The maximum absolute atomic E-state index is 12.6. The Hall–Kier alpha value is -2.13. The van der Waals surface area contributed by atoms with Gasteiger partial charge in [0.05, 0.1) is 5.56 Å². The van der Waals surface area contributed by atoms with E-state index in [1.807, 2.05) is 68.6 Å². The minimum absolute atomic E-state index is 0.0187. The lowest BCUT2D eigenvalue weighted by Crippen LogP contribution is -2.32. The number of benzene rings is 2. The molecule has 1 N–H and O–H groups in total. The van der Waals surface area contributed by atoms with Crippen LogP contribution in [-0.2, 0) is 10.2 Å². The summed E-state index contributed by atoms with van der Waals surface area (Å²) in [7, 11) is 1.87. The van der Waals surface area contributed by atoms with Gasteiger partial charge in [-0.1, -0.05) is 63.2 Å². The van der Waals surface area contributed by atoms with Crippen LogP contribution in [0.1, 0.15) is 55.3 Å². The molecule has 2 aromatic rings. The van der Waals surface area contributed by atoms with Gasteiger partial charge in [0.1, 0.15) is 6.10 Å². The van der Waals surface area contributed by atoms with Crippen LogP contribution in [0.15, 0.2) is 54.6 Å². The zero-order valence-electron chi connectivity index (χ0n) is 15.2. The van der Waals surface area contributed by atoms with Crippen molar-refractivity contribution in [1.29, 1.82) is 0 Å². The Balaban J connectivity index is 2.19. The SMILES string of the molecule is CN[C@H](C)[C@H](OC(=O)c1ccc(C(C)(C)C)cc1)c1ccccc1. The van der Waals surface area contributed by atoms with Crippen LogP contribution in [0, 0.1) is 0 Å². The average molecular weight is 325 g/mol. The van der Waals surface area contributed by atoms with Gasteiger partial charge in [-0.25, -0.2) is 4.79 Å². The third-order valence-electron chi connectivity index (χ3n) is 4.26. The number of rotatable bonds is 5. The maximum Gasteiger partial charge on any atom is 0.338 e. The first-order valence-electron chi connectivity index (χ1n) is 8.36. The molecule has 0 radical (unpaired) electrons. The molecule has 3 heteroatoms. The monoisotopic (exact) mass is 325 g/mol. The quantitative estimate of drug-likeness (QED) is 0.823. The zero-order valence-corrected chi connectivity index (χ0v) is 15.2. The highest BCUT2D eigenvalue weighted by Crippen LogP contribution is 2.25. The van der Waals surface area contributed by atoms with Crippen molar-refractivity contribution >= 4 is 5.97 Å². The third kappa shape index (κ3) is 4.45. The van der Waals surface area contributed by atoms with E-state index in [4.69, 9.17) is 4.74 Å². The molecule has 0 aliphatic heterocycles. The lowest BCUT2D eigenvalue weighted by Gasteiger charge is -2.24. The van der Waals surface area contributed by atoms with Crippen LogP contribution < -0.4 is 5.32 Å². The molecular weight excluding hydrogens is 298 g/mol. The van der Waals surface area contributed by atoms with Crippen LogP contribution >= 0.6 is 0 Å². The summed E-state index contributed by atoms with van der Waals surface area (Å²) in [5.74, 6) is -0.300. The van der Waals surface area contributed by atoms with Crippen LogP contribution in [0.4, 0.5) is 0 Å². The molecule has 0 fully saturated rings. The van der Waals surface area contributed by atoms with E-state index in [0.717, 1.165) is 5.56 Å². The van der Waals surface area contributed by atoms with Crippen molar-refractivity contribution < 1.29 is 9.53 Å². The smallest absolute Gasteiger partial charge is 0.338 e. The minimum atomic E-state index is -0.328. The number of likely N-dealkylation sites (N-methyl/N-ethyl adjacent to an activating group) is 1. The van der Waals surface area contributed by atoms with Gasteiger partial charge in [0, 0.05) is 6.04 Å². The van der Waals surface area contributed by atoms with Crippen molar-refractivity contribution in [2.75, 3.05) is 7.05 Å². The molecule has 0 heterocycles. The standard InChI is InChI=1S/C21H27NO2/c1-15(22-5)19(16-9-7-6-8-10-16)24-20(23)17-11-13-18(14-12-17)21(2,3)4/h6-15,19,22H,1-5H3/t15-,19+/m1/s1.